The molecule has 0 saturated carbocycles. The zero-order valence-corrected chi connectivity index (χ0v) is 43.6. The molecule has 0 atom stereocenters. The van der Waals surface area contributed by atoms with E-state index in [4.69, 9.17) is 32.3 Å². The Kier molecular flexibility index (Phi) is 31.3. The van der Waals surface area contributed by atoms with Gasteiger partial charge >= 0.3 is 24.1 Å². The highest BCUT2D eigenvalue weighted by Crippen LogP contribution is 2.39. The highest BCUT2D eigenvalue weighted by Gasteiger charge is 2.25. The number of amides is 2. The molecule has 0 spiro atoms. The first kappa shape index (κ1) is 62.0. The number of carboxylic acids is 1. The molecule has 0 unspecified atom stereocenters. The summed E-state index contributed by atoms with van der Waals surface area (Å²) >= 11 is 9.05. The molecule has 71 heavy (non-hydrogen) atoms. The number of piperazine rings is 2. The molecule has 0 aromatic heterocycles. The van der Waals surface area contributed by atoms with E-state index in [2.05, 4.69) is 136 Å². The van der Waals surface area contributed by atoms with Crippen molar-refractivity contribution in [2.24, 2.45) is 0 Å². The van der Waals surface area contributed by atoms with Gasteiger partial charge in [-0.3, -0.25) is 14.0 Å². The van der Waals surface area contributed by atoms with Crippen LogP contribution in [0.15, 0.2) is 105 Å². The fourth-order valence-corrected chi connectivity index (χ4v) is 9.60. The Labute approximate surface area is 439 Å². The number of aryl methyl sites for hydroxylation is 4. The number of unbranched alkanes of at least 4 members (excludes halogenated alkanes) is 4. The standard InChI is InChI=1S/C26H34N2O4S.C20H23ClN2O2S.C6H12O2.CH3F.2CH4/c1-4-5-6-11-25(29)31-19-32-26(30)28-16-14-27(15-17-28)22-9-7-8-10-24(22)33-23-13-12-20(2)18-21(23)3;1-15-7-8-18(16(2)13-15)26-19-6-4-3-5-17(19)22-9-11-23(12-10-22)20(24)25-14-21;1-2-3-4-5-6(7)8;1-2;;/h7-10,12-13,18H,4-6,11,14-17,19H2,1-3H3;3-8,13H,9-12,14H2,1-2H3;2-5H2,1H3,(H,7,8);1H3;2*1H4/i;;;1D;;. The number of benzene rings is 4. The second-order valence-corrected chi connectivity index (χ2v) is 18.9. The normalized spacial score (nSPS) is 12.9. The summed E-state index contributed by atoms with van der Waals surface area (Å²) in [6.45, 7) is 17.7. The first-order valence-corrected chi connectivity index (χ1v) is 25.7. The molecule has 394 valence electrons. The van der Waals surface area contributed by atoms with Crippen LogP contribution in [0.3, 0.4) is 0 Å². The van der Waals surface area contributed by atoms with Gasteiger partial charge in [0.05, 0.1) is 19.9 Å². The number of anilines is 2. The van der Waals surface area contributed by atoms with Crippen molar-refractivity contribution in [2.45, 2.75) is 127 Å². The molecule has 4 aromatic carbocycles. The van der Waals surface area contributed by atoms with Crippen LogP contribution in [0.25, 0.3) is 0 Å². The van der Waals surface area contributed by atoms with Crippen molar-refractivity contribution in [1.29, 1.82) is 0 Å². The zero-order valence-electron chi connectivity index (χ0n) is 42.2. The van der Waals surface area contributed by atoms with E-state index in [0.717, 1.165) is 64.7 Å². The summed E-state index contributed by atoms with van der Waals surface area (Å²) in [6.07, 6.45) is 5.71. The summed E-state index contributed by atoms with van der Waals surface area (Å²) < 4.78 is 30.5. The molecular formula is C55H80ClFN4O8S2. The van der Waals surface area contributed by atoms with E-state index >= 15 is 0 Å². The number of halogens is 2. The van der Waals surface area contributed by atoms with Crippen molar-refractivity contribution in [3.63, 3.8) is 0 Å². The minimum Gasteiger partial charge on any atom is -0.481 e. The van der Waals surface area contributed by atoms with Crippen molar-refractivity contribution >= 4 is 70.6 Å². The number of alkyl halides is 2. The van der Waals surface area contributed by atoms with Gasteiger partial charge in [0.2, 0.25) is 6.79 Å². The Morgan fingerprint density at radius 2 is 1.01 bits per heavy atom. The fraction of sp³-hybridized carbons (Fsp3) is 0.491. The van der Waals surface area contributed by atoms with Crippen LogP contribution in [0, 0.1) is 27.7 Å². The minimum absolute atomic E-state index is 0. The van der Waals surface area contributed by atoms with Crippen molar-refractivity contribution in [2.75, 3.05) is 82.2 Å². The largest absolute Gasteiger partial charge is 0.481 e. The predicted molar refractivity (Wildman–Crippen MR) is 292 cm³/mol. The second-order valence-electron chi connectivity index (χ2n) is 16.5. The topological polar surface area (TPSA) is 129 Å². The number of para-hydroxylation sites is 2. The van der Waals surface area contributed by atoms with Crippen LogP contribution in [0.5, 0.6) is 0 Å². The van der Waals surface area contributed by atoms with Gasteiger partial charge in [-0.15, -0.1) is 0 Å². The van der Waals surface area contributed by atoms with Gasteiger partial charge in [0.1, 0.15) is 0 Å². The smallest absolute Gasteiger partial charge is 0.412 e. The molecule has 2 aliphatic heterocycles. The zero-order chi connectivity index (χ0) is 51.3. The van der Waals surface area contributed by atoms with E-state index in [1.165, 1.54) is 53.2 Å². The lowest BCUT2D eigenvalue weighted by atomic mass is 10.2. The fourth-order valence-electron chi connectivity index (χ4n) is 7.43. The van der Waals surface area contributed by atoms with Crippen LogP contribution in [0.4, 0.5) is 25.4 Å². The first-order valence-electron chi connectivity index (χ1n) is 24.3. The number of ether oxygens (including phenoxy) is 3. The number of nitrogens with zero attached hydrogens (tertiary/aromatic N) is 4. The molecule has 2 heterocycles. The van der Waals surface area contributed by atoms with Crippen LogP contribution >= 0.6 is 35.1 Å². The van der Waals surface area contributed by atoms with Crippen LogP contribution < -0.4 is 9.80 Å². The molecule has 2 saturated heterocycles. The molecule has 4 aromatic rings. The first-order chi connectivity index (χ1) is 33.7. The Morgan fingerprint density at radius 1 is 0.606 bits per heavy atom. The SMILES string of the molecule is C.C.CCCCCC(=O)O.CCCCCC(=O)OCOC(=O)N1CCN(c2ccccc2Sc2ccc(C)cc2C)CC1.Cc1ccc(Sc2ccccc2N2CCN(C(=O)OCCl)CC2)c(C)c1.[2H]CF. The van der Waals surface area contributed by atoms with E-state index in [1.807, 2.05) is 0 Å². The van der Waals surface area contributed by atoms with E-state index in [9.17, 15) is 23.6 Å². The molecular weight excluding hydrogens is 963 g/mol. The maximum Gasteiger partial charge on any atom is 0.412 e. The molecule has 16 heteroatoms. The predicted octanol–water partition coefficient (Wildman–Crippen LogP) is 14.2. The number of hydrogen-bond acceptors (Lipinski definition) is 11. The average molecular weight is 1040 g/mol. The lowest BCUT2D eigenvalue weighted by Gasteiger charge is -2.36. The lowest BCUT2D eigenvalue weighted by Crippen LogP contribution is -2.49. The second kappa shape index (κ2) is 35.9. The highest BCUT2D eigenvalue weighted by atomic mass is 35.5. The average Bonchev–Trinajstić information content (AvgIpc) is 3.34. The van der Waals surface area contributed by atoms with Crippen LogP contribution in [0.2, 0.25) is 0 Å². The lowest BCUT2D eigenvalue weighted by molar-refractivity contribution is -0.152. The molecule has 0 radical (unpaired) electrons. The summed E-state index contributed by atoms with van der Waals surface area (Å²) in [5, 5.41) is 8.14. The Balaban J connectivity index is 0.000000592. The molecule has 1 N–H and O–H groups in total. The van der Waals surface area contributed by atoms with E-state index in [0.29, 0.717) is 39.0 Å². The number of hydrogen-bond donors (Lipinski definition) is 1. The van der Waals surface area contributed by atoms with Gasteiger partial charge in [0.25, 0.3) is 0 Å². The third-order valence-corrected chi connectivity index (χ3v) is 13.7. The minimum atomic E-state index is -1.00. The van der Waals surface area contributed by atoms with E-state index in [-0.39, 0.29) is 39.8 Å². The van der Waals surface area contributed by atoms with E-state index in [1.54, 1.807) is 33.3 Å². The number of carboxylic acid groups (broad SMARTS) is 1. The van der Waals surface area contributed by atoms with Gasteiger partial charge in [0, 0.05) is 84.8 Å². The third kappa shape index (κ3) is 22.9. The van der Waals surface area contributed by atoms with Gasteiger partial charge in [-0.25, -0.2) is 9.59 Å². The third-order valence-electron chi connectivity index (χ3n) is 11.1. The van der Waals surface area contributed by atoms with Gasteiger partial charge in [-0.1, -0.05) is 149 Å². The quantitative estimate of drug-likeness (QED) is 0.0468. The summed E-state index contributed by atoms with van der Waals surface area (Å²) in [5.74, 6) is -1.00. The summed E-state index contributed by atoms with van der Waals surface area (Å²) in [6, 6.07) is 29.8. The van der Waals surface area contributed by atoms with Crippen LogP contribution in [0.1, 0.15) is 104 Å². The summed E-state index contributed by atoms with van der Waals surface area (Å²) in [5.41, 5.74) is 7.49. The number of rotatable bonds is 17. The van der Waals surface area contributed by atoms with Crippen molar-refractivity contribution in [1.82, 2.24) is 9.80 Å². The Morgan fingerprint density at radius 3 is 1.41 bits per heavy atom. The number of carbonyl (C=O) groups excluding carboxylic acids is 3. The molecule has 2 fully saturated rings. The molecule has 0 bridgehead atoms. The van der Waals surface area contributed by atoms with Gasteiger partial charge < -0.3 is 38.9 Å². The molecule has 12 nitrogen and oxygen atoms in total. The van der Waals surface area contributed by atoms with Crippen LogP contribution in [-0.4, -0.2) is 111 Å². The van der Waals surface area contributed by atoms with Gasteiger partial charge in [-0.05, 0) is 88.1 Å². The number of aliphatic carboxylic acids is 1. The summed E-state index contributed by atoms with van der Waals surface area (Å²) in [4.78, 5) is 58.6. The Hall–Kier alpha value is -5.12. The monoisotopic (exact) mass is 1040 g/mol. The summed E-state index contributed by atoms with van der Waals surface area (Å²) in [7, 11) is -1.00. The van der Waals surface area contributed by atoms with Crippen LogP contribution in [-0.2, 0) is 23.8 Å². The van der Waals surface area contributed by atoms with Crippen molar-refractivity contribution in [3.8, 4) is 0 Å². The van der Waals surface area contributed by atoms with E-state index < -0.39 is 19.2 Å². The van der Waals surface area contributed by atoms with Gasteiger partial charge in [-0.2, -0.15) is 0 Å². The molecule has 2 amide bonds. The molecule has 0 aliphatic carbocycles. The van der Waals surface area contributed by atoms with Crippen molar-refractivity contribution in [3.05, 3.63) is 107 Å². The highest BCUT2D eigenvalue weighted by molar-refractivity contribution is 7.99. The maximum atomic E-state index is 12.3. The molecule has 6 rings (SSSR count). The molecule has 2 aliphatic rings. The van der Waals surface area contributed by atoms with Gasteiger partial charge in [0.15, 0.2) is 6.07 Å². The number of esters is 1. The number of carbonyl (C=O) groups is 4. The Bertz CT molecular complexity index is 2210. The maximum absolute atomic E-state index is 12.3. The van der Waals surface area contributed by atoms with Crippen molar-refractivity contribution < 1.29 is 44.3 Å².